The van der Waals surface area contributed by atoms with Crippen molar-refractivity contribution in [3.05, 3.63) is 59.7 Å². The van der Waals surface area contributed by atoms with Gasteiger partial charge in [-0.1, -0.05) is 45.4 Å². The van der Waals surface area contributed by atoms with Crippen LogP contribution >= 0.6 is 0 Å². The van der Waals surface area contributed by atoms with Gasteiger partial charge in [-0.05, 0) is 60.6 Å². The molecule has 2 aromatic rings. The van der Waals surface area contributed by atoms with Gasteiger partial charge in [0.15, 0.2) is 0 Å². The number of aryl methyl sites for hydroxylation is 1. The second kappa shape index (κ2) is 8.67. The highest BCUT2D eigenvalue weighted by Crippen LogP contribution is 2.22. The second-order valence-electron chi connectivity index (χ2n) is 7.99. The lowest BCUT2D eigenvalue weighted by atomic mass is 9.89. The van der Waals surface area contributed by atoms with E-state index in [2.05, 4.69) is 26.1 Å². The number of primary sulfonamides is 1. The molecule has 1 amide bonds. The minimum Gasteiger partial charge on any atom is -0.322 e. The largest absolute Gasteiger partial charge is 0.322 e. The minimum atomic E-state index is -3.84. The number of carbonyl (C=O) groups excluding carboxylic acids is 1. The van der Waals surface area contributed by atoms with E-state index >= 15 is 0 Å². The van der Waals surface area contributed by atoms with Crippen molar-refractivity contribution in [1.82, 2.24) is 0 Å². The molecular weight excluding hydrogens is 360 g/mol. The Bertz CT molecular complexity index is 882. The Morgan fingerprint density at radius 1 is 1.04 bits per heavy atom. The van der Waals surface area contributed by atoms with Gasteiger partial charge in [0, 0.05) is 11.3 Å². The molecule has 6 heteroatoms. The highest BCUT2D eigenvalue weighted by molar-refractivity contribution is 7.89. The van der Waals surface area contributed by atoms with Crippen molar-refractivity contribution in [3.63, 3.8) is 0 Å². The van der Waals surface area contributed by atoms with Gasteiger partial charge in [0.05, 0.1) is 4.90 Å². The summed E-state index contributed by atoms with van der Waals surface area (Å²) in [6, 6.07) is 13.4. The van der Waals surface area contributed by atoms with E-state index in [9.17, 15) is 13.2 Å². The Morgan fingerprint density at radius 3 is 2.30 bits per heavy atom. The van der Waals surface area contributed by atoms with Crippen molar-refractivity contribution >= 4 is 21.6 Å². The lowest BCUT2D eigenvalue weighted by molar-refractivity contribution is 0.102. The number of hydrogen-bond donors (Lipinski definition) is 2. The van der Waals surface area contributed by atoms with Gasteiger partial charge in [-0.25, -0.2) is 13.6 Å². The maximum absolute atomic E-state index is 12.3. The SMILES string of the molecule is CC(C)(C)CCCCc1ccc(NC(=O)c2cccc(S(N)(=O)=O)c2)cc1. The molecule has 0 aliphatic carbocycles. The number of anilines is 1. The smallest absolute Gasteiger partial charge is 0.255 e. The molecule has 2 rings (SSSR count). The number of sulfonamides is 1. The van der Waals surface area contributed by atoms with Crippen LogP contribution in [0.5, 0.6) is 0 Å². The third kappa shape index (κ3) is 7.15. The number of nitrogens with two attached hydrogens (primary N) is 1. The Hall–Kier alpha value is -2.18. The average Bonchev–Trinajstić information content (AvgIpc) is 2.58. The first kappa shape index (κ1) is 21.1. The maximum atomic E-state index is 12.3. The van der Waals surface area contributed by atoms with E-state index in [1.807, 2.05) is 24.3 Å². The quantitative estimate of drug-likeness (QED) is 0.691. The lowest BCUT2D eigenvalue weighted by Crippen LogP contribution is -2.15. The predicted octanol–water partition coefficient (Wildman–Crippen LogP) is 4.35. The Balaban J connectivity index is 1.93. The van der Waals surface area contributed by atoms with Crippen molar-refractivity contribution in [2.24, 2.45) is 10.6 Å². The molecule has 0 aliphatic heterocycles. The predicted molar refractivity (Wildman–Crippen MR) is 109 cm³/mol. The van der Waals surface area contributed by atoms with E-state index in [1.54, 1.807) is 6.07 Å². The number of unbranched alkanes of at least 4 members (excludes halogenated alkanes) is 1. The van der Waals surface area contributed by atoms with Gasteiger partial charge >= 0.3 is 0 Å². The van der Waals surface area contributed by atoms with Crippen LogP contribution in [0.2, 0.25) is 0 Å². The third-order valence-electron chi connectivity index (χ3n) is 4.28. The summed E-state index contributed by atoms with van der Waals surface area (Å²) in [6.45, 7) is 6.76. The molecule has 0 radical (unpaired) electrons. The van der Waals surface area contributed by atoms with E-state index in [1.165, 1.54) is 36.6 Å². The molecule has 0 heterocycles. The van der Waals surface area contributed by atoms with Crippen LogP contribution < -0.4 is 10.5 Å². The van der Waals surface area contributed by atoms with Gasteiger partial charge < -0.3 is 5.32 Å². The standard InChI is InChI=1S/C21H28N2O3S/c1-21(2,3)14-5-4-7-16-10-12-18(13-11-16)23-20(24)17-8-6-9-19(15-17)27(22,25)26/h6,8-13,15H,4-5,7,14H2,1-3H3,(H,23,24)(H2,22,25,26). The molecule has 0 fully saturated rings. The molecule has 0 bridgehead atoms. The zero-order valence-electron chi connectivity index (χ0n) is 16.2. The molecule has 0 spiro atoms. The normalized spacial score (nSPS) is 12.0. The summed E-state index contributed by atoms with van der Waals surface area (Å²) in [5.41, 5.74) is 2.51. The first-order valence-corrected chi connectivity index (χ1v) is 10.6. The van der Waals surface area contributed by atoms with Crippen LogP contribution in [0.4, 0.5) is 5.69 Å². The van der Waals surface area contributed by atoms with E-state index in [-0.39, 0.29) is 16.4 Å². The van der Waals surface area contributed by atoms with Crippen LogP contribution in [0.15, 0.2) is 53.4 Å². The number of rotatable bonds is 7. The van der Waals surface area contributed by atoms with E-state index in [0.29, 0.717) is 11.1 Å². The summed E-state index contributed by atoms with van der Waals surface area (Å²) < 4.78 is 22.8. The molecule has 27 heavy (non-hydrogen) atoms. The molecule has 2 aromatic carbocycles. The van der Waals surface area contributed by atoms with Crippen LogP contribution in [0.25, 0.3) is 0 Å². The summed E-state index contributed by atoms with van der Waals surface area (Å²) in [5.74, 6) is -0.376. The van der Waals surface area contributed by atoms with Gasteiger partial charge in [-0.3, -0.25) is 4.79 Å². The van der Waals surface area contributed by atoms with E-state index in [0.717, 1.165) is 12.8 Å². The Morgan fingerprint density at radius 2 is 1.70 bits per heavy atom. The second-order valence-corrected chi connectivity index (χ2v) is 9.55. The number of nitrogens with one attached hydrogen (secondary N) is 1. The molecule has 0 aliphatic rings. The summed E-state index contributed by atoms with van der Waals surface area (Å²) in [6.07, 6.45) is 4.56. The number of benzene rings is 2. The van der Waals surface area contributed by atoms with Crippen LogP contribution in [0.3, 0.4) is 0 Å². The molecule has 0 saturated heterocycles. The number of hydrogen-bond acceptors (Lipinski definition) is 3. The molecule has 0 saturated carbocycles. The van der Waals surface area contributed by atoms with Gasteiger partial charge in [-0.2, -0.15) is 0 Å². The highest BCUT2D eigenvalue weighted by Gasteiger charge is 2.12. The monoisotopic (exact) mass is 388 g/mol. The highest BCUT2D eigenvalue weighted by atomic mass is 32.2. The van der Waals surface area contributed by atoms with Crippen molar-refractivity contribution in [1.29, 1.82) is 0 Å². The van der Waals surface area contributed by atoms with Crippen molar-refractivity contribution in [2.75, 3.05) is 5.32 Å². The zero-order chi connectivity index (χ0) is 20.1. The molecule has 0 atom stereocenters. The Labute approximate surface area is 162 Å². The Kier molecular flexibility index (Phi) is 6.78. The molecule has 0 unspecified atom stereocenters. The summed E-state index contributed by atoms with van der Waals surface area (Å²) >= 11 is 0. The lowest BCUT2D eigenvalue weighted by Gasteiger charge is -2.17. The first-order valence-electron chi connectivity index (χ1n) is 9.08. The summed E-state index contributed by atoms with van der Waals surface area (Å²) in [7, 11) is -3.84. The van der Waals surface area contributed by atoms with Crippen LogP contribution in [-0.4, -0.2) is 14.3 Å². The maximum Gasteiger partial charge on any atom is 0.255 e. The molecule has 0 aromatic heterocycles. The van der Waals surface area contributed by atoms with Gasteiger partial charge in [0.1, 0.15) is 0 Å². The fourth-order valence-corrected chi connectivity index (χ4v) is 3.32. The van der Waals surface area contributed by atoms with Crippen molar-refractivity contribution in [2.45, 2.75) is 51.3 Å². The molecule has 3 N–H and O–H groups in total. The number of carbonyl (C=O) groups is 1. The average molecular weight is 389 g/mol. The molecular formula is C21H28N2O3S. The van der Waals surface area contributed by atoms with Gasteiger partial charge in [0.25, 0.3) is 5.91 Å². The zero-order valence-corrected chi connectivity index (χ0v) is 17.0. The van der Waals surface area contributed by atoms with Crippen LogP contribution in [0.1, 0.15) is 56.0 Å². The molecule has 5 nitrogen and oxygen atoms in total. The van der Waals surface area contributed by atoms with Gasteiger partial charge in [-0.15, -0.1) is 0 Å². The topological polar surface area (TPSA) is 89.3 Å². The van der Waals surface area contributed by atoms with E-state index < -0.39 is 10.0 Å². The van der Waals surface area contributed by atoms with Crippen LogP contribution in [-0.2, 0) is 16.4 Å². The van der Waals surface area contributed by atoms with Gasteiger partial charge in [0.2, 0.25) is 10.0 Å². The third-order valence-corrected chi connectivity index (χ3v) is 5.19. The first-order chi connectivity index (χ1) is 12.5. The fourth-order valence-electron chi connectivity index (χ4n) is 2.76. The van der Waals surface area contributed by atoms with Crippen molar-refractivity contribution in [3.8, 4) is 0 Å². The molecule has 146 valence electrons. The summed E-state index contributed by atoms with van der Waals surface area (Å²) in [4.78, 5) is 12.3. The number of amides is 1. The van der Waals surface area contributed by atoms with Crippen LogP contribution in [0, 0.1) is 5.41 Å². The van der Waals surface area contributed by atoms with E-state index in [4.69, 9.17) is 5.14 Å². The van der Waals surface area contributed by atoms with Crippen molar-refractivity contribution < 1.29 is 13.2 Å². The fraction of sp³-hybridized carbons (Fsp3) is 0.381. The summed E-state index contributed by atoms with van der Waals surface area (Å²) in [5, 5.41) is 7.89. The minimum absolute atomic E-state index is 0.0826.